The van der Waals surface area contributed by atoms with Crippen molar-refractivity contribution >= 4 is 11.9 Å². The van der Waals surface area contributed by atoms with Crippen LogP contribution >= 0.6 is 0 Å². The van der Waals surface area contributed by atoms with E-state index in [0.29, 0.717) is 19.7 Å². The molecule has 3 aliphatic rings. The van der Waals surface area contributed by atoms with Crippen LogP contribution in [-0.2, 0) is 30.4 Å². The number of hydrogen-bond donors (Lipinski definition) is 0. The topological polar surface area (TPSA) is 65.1 Å². The maximum absolute atomic E-state index is 13.1. The van der Waals surface area contributed by atoms with E-state index in [1.54, 1.807) is 4.90 Å². The number of likely N-dealkylation sites (tertiary alicyclic amines) is 1. The van der Waals surface area contributed by atoms with E-state index < -0.39 is 17.4 Å². The lowest BCUT2D eigenvalue weighted by molar-refractivity contribution is -0.155. The Morgan fingerprint density at radius 1 is 1.32 bits per heavy atom. The van der Waals surface area contributed by atoms with E-state index in [1.165, 1.54) is 0 Å². The highest BCUT2D eigenvalue weighted by Gasteiger charge is 2.67. The van der Waals surface area contributed by atoms with Crippen LogP contribution in [0.5, 0.6) is 0 Å². The number of amides is 1. The smallest absolute Gasteiger partial charge is 0.313 e. The summed E-state index contributed by atoms with van der Waals surface area (Å²) in [5.74, 6) is -1.43. The lowest BCUT2D eigenvalue weighted by Gasteiger charge is -2.22. The normalized spacial score (nSPS) is 30.3. The third-order valence-electron chi connectivity index (χ3n) is 5.70. The number of esters is 1. The number of carbonyl (C=O) groups excluding carboxylic acids is 2. The quantitative estimate of drug-likeness (QED) is 0.390. The first kappa shape index (κ1) is 19.2. The fraction of sp³-hybridized carbons (Fsp3) is 0.545. The number of fused-ring (bicyclic) bond motifs is 1. The first-order valence-electron chi connectivity index (χ1n) is 9.98. The van der Waals surface area contributed by atoms with Crippen LogP contribution in [0.15, 0.2) is 42.5 Å². The highest BCUT2D eigenvalue weighted by Crippen LogP contribution is 2.52. The van der Waals surface area contributed by atoms with Gasteiger partial charge in [0, 0.05) is 13.2 Å². The van der Waals surface area contributed by atoms with Gasteiger partial charge in [0.1, 0.15) is 18.1 Å². The van der Waals surface area contributed by atoms with Crippen molar-refractivity contribution in [1.82, 2.24) is 4.90 Å². The molecule has 1 aromatic rings. The zero-order chi connectivity index (χ0) is 19.7. The summed E-state index contributed by atoms with van der Waals surface area (Å²) < 4.78 is 17.2. The molecule has 2 fully saturated rings. The predicted molar refractivity (Wildman–Crippen MR) is 102 cm³/mol. The Balaban J connectivity index is 1.39. The fourth-order valence-electron chi connectivity index (χ4n) is 4.44. The Morgan fingerprint density at radius 2 is 2.11 bits per heavy atom. The Bertz CT molecular complexity index is 761. The van der Waals surface area contributed by atoms with Gasteiger partial charge >= 0.3 is 5.97 Å². The van der Waals surface area contributed by atoms with Crippen LogP contribution in [0.25, 0.3) is 0 Å². The van der Waals surface area contributed by atoms with Crippen LogP contribution in [0, 0.1) is 11.8 Å². The lowest BCUT2D eigenvalue weighted by Crippen LogP contribution is -2.40. The van der Waals surface area contributed by atoms with Gasteiger partial charge in [0.2, 0.25) is 5.91 Å². The molecule has 4 atom stereocenters. The minimum atomic E-state index is -0.683. The fourth-order valence-corrected chi connectivity index (χ4v) is 4.44. The van der Waals surface area contributed by atoms with Crippen LogP contribution < -0.4 is 0 Å². The van der Waals surface area contributed by atoms with Gasteiger partial charge in [-0.3, -0.25) is 9.59 Å². The summed E-state index contributed by atoms with van der Waals surface area (Å²) in [7, 11) is 0. The van der Waals surface area contributed by atoms with Crippen molar-refractivity contribution < 1.29 is 23.8 Å². The van der Waals surface area contributed by atoms with Crippen molar-refractivity contribution in [3.63, 3.8) is 0 Å². The Hall–Kier alpha value is -2.18. The highest BCUT2D eigenvalue weighted by molar-refractivity contribution is 5.91. The minimum Gasteiger partial charge on any atom is -0.460 e. The third kappa shape index (κ3) is 3.47. The summed E-state index contributed by atoms with van der Waals surface area (Å²) in [6, 6.07) is 9.55. The SMILES string of the molecule is CC(C)OCCCN1C[C@]23C=C[C@H](O2)[C@H](C(=O)OCc2ccccc2)[C@@H]3C1=O. The maximum Gasteiger partial charge on any atom is 0.313 e. The van der Waals surface area contributed by atoms with Crippen molar-refractivity contribution in [2.45, 2.75) is 44.7 Å². The Kier molecular flexibility index (Phi) is 5.25. The van der Waals surface area contributed by atoms with Crippen LogP contribution in [0.4, 0.5) is 0 Å². The summed E-state index contributed by atoms with van der Waals surface area (Å²) in [4.78, 5) is 27.7. The van der Waals surface area contributed by atoms with Crippen molar-refractivity contribution in [2.24, 2.45) is 11.8 Å². The molecule has 1 aromatic carbocycles. The highest BCUT2D eigenvalue weighted by atomic mass is 16.6. The molecular weight excluding hydrogens is 358 g/mol. The van der Waals surface area contributed by atoms with Gasteiger partial charge in [0.25, 0.3) is 0 Å². The van der Waals surface area contributed by atoms with Crippen LogP contribution in [-0.4, -0.2) is 54.3 Å². The van der Waals surface area contributed by atoms with Gasteiger partial charge in [0.05, 0.1) is 24.7 Å². The molecule has 28 heavy (non-hydrogen) atoms. The summed E-state index contributed by atoms with van der Waals surface area (Å²) in [5, 5.41) is 0. The van der Waals surface area contributed by atoms with Gasteiger partial charge in [-0.2, -0.15) is 0 Å². The number of carbonyl (C=O) groups is 2. The molecule has 6 heteroatoms. The number of benzene rings is 1. The summed E-state index contributed by atoms with van der Waals surface area (Å²) in [6.07, 6.45) is 4.44. The van der Waals surface area contributed by atoms with Gasteiger partial charge < -0.3 is 19.1 Å². The minimum absolute atomic E-state index is 0.0157. The molecule has 3 aliphatic heterocycles. The first-order valence-corrected chi connectivity index (χ1v) is 9.98. The Labute approximate surface area is 165 Å². The molecule has 2 bridgehead atoms. The molecule has 0 unspecified atom stereocenters. The van der Waals surface area contributed by atoms with Crippen LogP contribution in [0.3, 0.4) is 0 Å². The molecule has 3 heterocycles. The molecule has 0 radical (unpaired) electrons. The zero-order valence-corrected chi connectivity index (χ0v) is 16.4. The molecule has 6 nitrogen and oxygen atoms in total. The molecule has 0 aliphatic carbocycles. The maximum atomic E-state index is 13.1. The summed E-state index contributed by atoms with van der Waals surface area (Å²) >= 11 is 0. The second-order valence-corrected chi connectivity index (χ2v) is 8.03. The summed E-state index contributed by atoms with van der Waals surface area (Å²) in [5.41, 5.74) is 0.242. The third-order valence-corrected chi connectivity index (χ3v) is 5.70. The van der Waals surface area contributed by atoms with Crippen molar-refractivity contribution in [3.05, 3.63) is 48.0 Å². The van der Waals surface area contributed by atoms with E-state index in [9.17, 15) is 9.59 Å². The van der Waals surface area contributed by atoms with Crippen molar-refractivity contribution in [2.75, 3.05) is 19.7 Å². The number of ether oxygens (including phenoxy) is 3. The molecular formula is C22H27NO5. The monoisotopic (exact) mass is 385 g/mol. The van der Waals surface area contributed by atoms with E-state index >= 15 is 0 Å². The second kappa shape index (κ2) is 7.68. The molecule has 1 amide bonds. The van der Waals surface area contributed by atoms with Gasteiger partial charge in [-0.05, 0) is 25.8 Å². The molecule has 0 saturated carbocycles. The standard InChI is InChI=1S/C22H27NO5/c1-15(2)26-12-6-11-23-14-22-10-9-17(28-22)18(19(22)20(23)24)21(25)27-13-16-7-4-3-5-8-16/h3-5,7-10,15,17-19H,6,11-14H2,1-2H3/t17-,18-,19+,22-/m0/s1. The average molecular weight is 385 g/mol. The van der Waals surface area contributed by atoms with Crippen LogP contribution in [0.1, 0.15) is 25.8 Å². The van der Waals surface area contributed by atoms with Gasteiger partial charge in [0.15, 0.2) is 0 Å². The van der Waals surface area contributed by atoms with E-state index in [-0.39, 0.29) is 30.7 Å². The molecule has 4 rings (SSSR count). The van der Waals surface area contributed by atoms with E-state index in [4.69, 9.17) is 14.2 Å². The second-order valence-electron chi connectivity index (χ2n) is 8.03. The van der Waals surface area contributed by atoms with Crippen molar-refractivity contribution in [1.29, 1.82) is 0 Å². The predicted octanol–water partition coefficient (Wildman–Crippen LogP) is 2.33. The molecule has 150 valence electrons. The van der Waals surface area contributed by atoms with Gasteiger partial charge in [-0.25, -0.2) is 0 Å². The van der Waals surface area contributed by atoms with E-state index in [1.807, 2.05) is 56.3 Å². The van der Waals surface area contributed by atoms with Gasteiger partial charge in [-0.1, -0.05) is 42.5 Å². The number of rotatable bonds is 8. The number of hydrogen-bond acceptors (Lipinski definition) is 5. The molecule has 0 N–H and O–H groups in total. The Morgan fingerprint density at radius 3 is 2.86 bits per heavy atom. The zero-order valence-electron chi connectivity index (χ0n) is 16.4. The number of nitrogens with zero attached hydrogens (tertiary/aromatic N) is 1. The lowest BCUT2D eigenvalue weighted by atomic mass is 9.77. The summed E-state index contributed by atoms with van der Waals surface area (Å²) in [6.45, 7) is 5.91. The van der Waals surface area contributed by atoms with E-state index in [0.717, 1.165) is 12.0 Å². The van der Waals surface area contributed by atoms with Crippen LogP contribution in [0.2, 0.25) is 0 Å². The molecule has 0 aromatic heterocycles. The average Bonchev–Trinajstić information content (AvgIpc) is 3.32. The molecule has 2 saturated heterocycles. The van der Waals surface area contributed by atoms with Crippen molar-refractivity contribution in [3.8, 4) is 0 Å². The largest absolute Gasteiger partial charge is 0.460 e. The van der Waals surface area contributed by atoms with E-state index in [2.05, 4.69) is 0 Å². The first-order chi connectivity index (χ1) is 13.5. The van der Waals surface area contributed by atoms with Gasteiger partial charge in [-0.15, -0.1) is 0 Å². The molecule has 1 spiro atoms.